The van der Waals surface area contributed by atoms with Crippen LogP contribution in [-0.2, 0) is 20.9 Å². The zero-order chi connectivity index (χ0) is 38.7. The molecule has 0 unspecified atom stereocenters. The molecular weight excluding hydrogens is 697 g/mol. The lowest BCUT2D eigenvalue weighted by atomic mass is 9.55. The van der Waals surface area contributed by atoms with Crippen LogP contribution in [0, 0.1) is 23.6 Å². The highest BCUT2D eigenvalue weighted by Gasteiger charge is 2.65. The molecule has 0 saturated heterocycles. The van der Waals surface area contributed by atoms with Crippen LogP contribution in [0.5, 0.6) is 11.5 Å². The molecular formula is C41H54FN3O9. The lowest BCUT2D eigenvalue weighted by molar-refractivity contribution is -0.256. The van der Waals surface area contributed by atoms with E-state index in [1.807, 2.05) is 13.0 Å². The van der Waals surface area contributed by atoms with E-state index in [1.165, 1.54) is 19.2 Å². The molecule has 54 heavy (non-hydrogen) atoms. The van der Waals surface area contributed by atoms with E-state index >= 15 is 0 Å². The van der Waals surface area contributed by atoms with Crippen LogP contribution in [-0.4, -0.2) is 84.9 Å². The molecule has 2 aromatic carbocycles. The van der Waals surface area contributed by atoms with Crippen LogP contribution in [0.4, 0.5) is 14.0 Å². The Balaban J connectivity index is 1.78. The first-order valence-electron chi connectivity index (χ1n) is 19.0. The van der Waals surface area contributed by atoms with Crippen molar-refractivity contribution in [2.75, 3.05) is 40.1 Å². The van der Waals surface area contributed by atoms with Crippen LogP contribution < -0.4 is 14.8 Å². The van der Waals surface area contributed by atoms with Gasteiger partial charge in [0.15, 0.2) is 0 Å². The van der Waals surface area contributed by atoms with Gasteiger partial charge in [0, 0.05) is 44.2 Å². The molecule has 3 aliphatic rings. The summed E-state index contributed by atoms with van der Waals surface area (Å²) in [6.07, 6.45) is 7.18. The molecule has 5 rings (SSSR count). The van der Waals surface area contributed by atoms with Crippen LogP contribution in [0.15, 0.2) is 71.9 Å². The third kappa shape index (κ3) is 8.90. The number of benzene rings is 2. The summed E-state index contributed by atoms with van der Waals surface area (Å²) in [7, 11) is 1.48. The van der Waals surface area contributed by atoms with E-state index in [0.717, 1.165) is 36.8 Å². The second kappa shape index (κ2) is 19.2. The second-order valence-corrected chi connectivity index (χ2v) is 13.8. The summed E-state index contributed by atoms with van der Waals surface area (Å²) in [5.41, 5.74) is 2.96. The monoisotopic (exact) mass is 751 g/mol. The summed E-state index contributed by atoms with van der Waals surface area (Å²) in [4.78, 5) is 33.8. The number of allylic oxidation sites excluding steroid dienone is 1. The van der Waals surface area contributed by atoms with Crippen molar-refractivity contribution in [3.8, 4) is 11.5 Å². The maximum atomic E-state index is 14.1. The van der Waals surface area contributed by atoms with Crippen molar-refractivity contribution in [2.24, 2.45) is 22.9 Å². The average molecular weight is 752 g/mol. The molecule has 6 atom stereocenters. The number of nitrogens with zero attached hydrogens (tertiary/aromatic N) is 2. The molecule has 1 saturated carbocycles. The number of fused-ring (bicyclic) bond motifs is 2. The van der Waals surface area contributed by atoms with Crippen LogP contribution >= 0.6 is 0 Å². The molecule has 2 aromatic rings. The summed E-state index contributed by atoms with van der Waals surface area (Å²) >= 11 is 0. The molecule has 12 nitrogen and oxygen atoms in total. The number of carbonyl (C=O) groups excluding carboxylic acids is 2. The van der Waals surface area contributed by atoms with Gasteiger partial charge in [-0.1, -0.05) is 42.3 Å². The number of ether oxygens (including phenoxy) is 4. The minimum absolute atomic E-state index is 0.0197. The lowest BCUT2D eigenvalue weighted by Crippen LogP contribution is -2.70. The number of aliphatic hydroxyl groups is 2. The number of carbonyl (C=O) groups is 2. The second-order valence-electron chi connectivity index (χ2n) is 13.8. The fourth-order valence-electron chi connectivity index (χ4n) is 8.40. The maximum absolute atomic E-state index is 14.1. The number of hydrogen-bond donors (Lipinski definition) is 3. The molecule has 1 aliphatic heterocycles. The fraction of sp³-hybridized carbons (Fsp3) is 0.537. The molecule has 0 radical (unpaired) electrons. The van der Waals surface area contributed by atoms with Gasteiger partial charge in [-0.2, -0.15) is 0 Å². The summed E-state index contributed by atoms with van der Waals surface area (Å²) < 4.78 is 39.5. The van der Waals surface area contributed by atoms with Gasteiger partial charge in [-0.25, -0.2) is 14.0 Å². The third-order valence-electron chi connectivity index (χ3n) is 10.5. The van der Waals surface area contributed by atoms with E-state index in [4.69, 9.17) is 23.8 Å². The quantitative estimate of drug-likeness (QED) is 0.0845. The van der Waals surface area contributed by atoms with Crippen molar-refractivity contribution in [3.05, 3.63) is 83.7 Å². The normalized spacial score (nSPS) is 24.7. The Morgan fingerprint density at radius 2 is 1.83 bits per heavy atom. The highest BCUT2D eigenvalue weighted by molar-refractivity contribution is 6.03. The van der Waals surface area contributed by atoms with Crippen molar-refractivity contribution in [1.82, 2.24) is 10.2 Å². The zero-order valence-electron chi connectivity index (χ0n) is 31.5. The van der Waals surface area contributed by atoms with E-state index in [2.05, 4.69) is 23.1 Å². The SMILES string of the molecule is C=CCO[C@@]12Oc3ccc(OC(=O)NCC)cc3[C@H]3[C@H](CCCCO)[C@@H](CCCCO)C=C(C(=NOC)C[C@@H]1N(Cc1ccc(F)cc1)C(=O)OCC)[C@H]32. The Kier molecular flexibility index (Phi) is 14.5. The number of halogens is 1. The molecule has 13 heteroatoms. The number of unbranched alkanes of at least 4 members (excludes halogenated alkanes) is 2. The van der Waals surface area contributed by atoms with Crippen LogP contribution in [0.25, 0.3) is 0 Å². The van der Waals surface area contributed by atoms with Crippen LogP contribution in [0.2, 0.25) is 0 Å². The molecule has 1 fully saturated rings. The standard InChI is InChI=1S/C41H54FN3O9/c1-5-22-52-41-36(45(40(49)51-7-3)26-27-14-16-29(42)17-15-27)25-34(44-50-4)32-23-28(12-8-10-20-46)31(13-9-11-21-47)37(38(32)41)33-24-30(18-19-35(33)54-41)53-39(48)43-6-2/h5,14-19,23-24,28,31,36-38,46-47H,1,6-13,20-22,25-26H2,2-4H3,(H,43,48)/t28-,31+,36-,37+,38+,41+/m0/s1. The molecule has 0 bridgehead atoms. The first kappa shape index (κ1) is 40.7. The van der Waals surface area contributed by atoms with E-state index in [-0.39, 0.29) is 57.1 Å². The van der Waals surface area contributed by atoms with E-state index in [9.17, 15) is 24.2 Å². The highest BCUT2D eigenvalue weighted by atomic mass is 19.1. The van der Waals surface area contributed by atoms with Crippen molar-refractivity contribution in [3.63, 3.8) is 0 Å². The number of rotatable bonds is 18. The van der Waals surface area contributed by atoms with E-state index < -0.39 is 35.8 Å². The number of nitrogens with one attached hydrogen (secondary N) is 1. The van der Waals surface area contributed by atoms with Gasteiger partial charge < -0.3 is 39.3 Å². The molecule has 0 aromatic heterocycles. The van der Waals surface area contributed by atoms with Crippen molar-refractivity contribution < 1.29 is 48.0 Å². The first-order valence-corrected chi connectivity index (χ1v) is 19.0. The summed E-state index contributed by atoms with van der Waals surface area (Å²) in [6, 6.07) is 10.4. The largest absolute Gasteiger partial charge is 0.459 e. The highest BCUT2D eigenvalue weighted by Crippen LogP contribution is 2.62. The number of oxime groups is 1. The van der Waals surface area contributed by atoms with Gasteiger partial charge >= 0.3 is 12.2 Å². The summed E-state index contributed by atoms with van der Waals surface area (Å²) in [6.45, 7) is 8.27. The Labute approximate surface area is 316 Å². The smallest absolute Gasteiger partial charge is 0.412 e. The topological polar surface area (TPSA) is 148 Å². The number of aliphatic hydroxyl groups excluding tert-OH is 2. The Morgan fingerprint density at radius 3 is 2.50 bits per heavy atom. The summed E-state index contributed by atoms with van der Waals surface area (Å²) in [5, 5.41) is 26.8. The van der Waals surface area contributed by atoms with Crippen molar-refractivity contribution >= 4 is 17.9 Å². The summed E-state index contributed by atoms with van der Waals surface area (Å²) in [5.74, 6) is -1.92. The van der Waals surface area contributed by atoms with Gasteiger partial charge in [0.25, 0.3) is 0 Å². The Bertz CT molecular complexity index is 1650. The van der Waals surface area contributed by atoms with Gasteiger partial charge in [0.2, 0.25) is 5.79 Å². The molecule has 1 heterocycles. The minimum atomic E-state index is -1.51. The predicted octanol–water partition coefficient (Wildman–Crippen LogP) is 6.86. The molecule has 0 spiro atoms. The molecule has 294 valence electrons. The van der Waals surface area contributed by atoms with Crippen molar-refractivity contribution in [2.45, 2.75) is 83.1 Å². The maximum Gasteiger partial charge on any atom is 0.412 e. The van der Waals surface area contributed by atoms with Gasteiger partial charge in [-0.05, 0) is 92.8 Å². The van der Waals surface area contributed by atoms with E-state index in [0.29, 0.717) is 42.2 Å². The van der Waals surface area contributed by atoms with Gasteiger partial charge in [-0.3, -0.25) is 4.90 Å². The first-order chi connectivity index (χ1) is 26.2. The number of hydrogen-bond acceptors (Lipinski definition) is 10. The van der Waals surface area contributed by atoms with Gasteiger partial charge in [-0.15, -0.1) is 6.58 Å². The van der Waals surface area contributed by atoms with Gasteiger partial charge in [0.1, 0.15) is 30.5 Å². The molecule has 3 N–H and O–H groups in total. The van der Waals surface area contributed by atoms with Crippen LogP contribution in [0.3, 0.4) is 0 Å². The Hall–Kier alpha value is -4.46. The number of amides is 2. The minimum Gasteiger partial charge on any atom is -0.459 e. The zero-order valence-corrected chi connectivity index (χ0v) is 31.5. The van der Waals surface area contributed by atoms with E-state index in [1.54, 1.807) is 42.2 Å². The lowest BCUT2D eigenvalue weighted by Gasteiger charge is -2.59. The Morgan fingerprint density at radius 1 is 1.09 bits per heavy atom. The molecule has 2 amide bonds. The molecule has 2 aliphatic carbocycles. The third-order valence-corrected chi connectivity index (χ3v) is 10.5. The fourth-order valence-corrected chi connectivity index (χ4v) is 8.40. The van der Waals surface area contributed by atoms with Gasteiger partial charge in [0.05, 0.1) is 24.8 Å². The predicted molar refractivity (Wildman–Crippen MR) is 201 cm³/mol. The van der Waals surface area contributed by atoms with Crippen LogP contribution in [0.1, 0.15) is 75.8 Å². The average Bonchev–Trinajstić information content (AvgIpc) is 3.16. The van der Waals surface area contributed by atoms with Crippen molar-refractivity contribution in [1.29, 1.82) is 0 Å².